The van der Waals surface area contributed by atoms with Gasteiger partial charge in [-0.2, -0.15) is 5.10 Å². The minimum atomic E-state index is -0.133. The number of hydrogen-bond acceptors (Lipinski definition) is 7. The number of nitrogens with one attached hydrogen (secondary N) is 1. The van der Waals surface area contributed by atoms with Gasteiger partial charge in [0.05, 0.1) is 29.7 Å². The van der Waals surface area contributed by atoms with Gasteiger partial charge < -0.3 is 15.3 Å². The Morgan fingerprint density at radius 3 is 2.87 bits per heavy atom. The number of anilines is 2. The highest BCUT2D eigenvalue weighted by Gasteiger charge is 2.27. The number of aliphatic hydroxyl groups excluding tert-OH is 1. The van der Waals surface area contributed by atoms with E-state index in [-0.39, 0.29) is 6.10 Å². The first-order valence-corrected chi connectivity index (χ1v) is 14.4. The number of rotatable bonds is 7. The molecule has 1 aliphatic heterocycles. The first kappa shape index (κ1) is 23.8. The fourth-order valence-electron chi connectivity index (χ4n) is 6.08. The minimum Gasteiger partial charge on any atom is -0.392 e. The lowest BCUT2D eigenvalue weighted by atomic mass is 9.85. The van der Waals surface area contributed by atoms with E-state index in [4.69, 9.17) is 0 Å². The van der Waals surface area contributed by atoms with Crippen molar-refractivity contribution in [3.63, 3.8) is 0 Å². The minimum absolute atomic E-state index is 0.133. The Morgan fingerprint density at radius 2 is 2.00 bits per heavy atom. The van der Waals surface area contributed by atoms with Gasteiger partial charge in [-0.1, -0.05) is 30.3 Å². The third-order valence-electron chi connectivity index (χ3n) is 8.13. The molecule has 1 aliphatic carbocycles. The van der Waals surface area contributed by atoms with Crippen molar-refractivity contribution in [2.75, 3.05) is 25.0 Å². The molecule has 7 rings (SSSR count). The molecule has 2 unspecified atom stereocenters. The molecule has 5 aromatic rings. The Kier molecular flexibility index (Phi) is 6.31. The molecule has 4 heterocycles. The van der Waals surface area contributed by atoms with E-state index in [9.17, 15) is 5.11 Å². The van der Waals surface area contributed by atoms with E-state index in [1.54, 1.807) is 6.33 Å². The van der Waals surface area contributed by atoms with E-state index in [0.29, 0.717) is 5.92 Å². The molecule has 0 spiro atoms. The van der Waals surface area contributed by atoms with Crippen LogP contribution in [0, 0.1) is 5.92 Å². The number of hydrogen-bond donors (Lipinski definition) is 2. The molecule has 0 saturated carbocycles. The summed E-state index contributed by atoms with van der Waals surface area (Å²) in [4.78, 5) is 14.3. The number of aliphatic hydroxyl groups is 1. The van der Waals surface area contributed by atoms with E-state index in [2.05, 4.69) is 72.4 Å². The summed E-state index contributed by atoms with van der Waals surface area (Å²) in [5, 5.41) is 20.4. The lowest BCUT2D eigenvalue weighted by Gasteiger charge is -2.25. The lowest BCUT2D eigenvalue weighted by Crippen LogP contribution is -2.26. The molecular formula is C30H32N6OS. The summed E-state index contributed by atoms with van der Waals surface area (Å²) < 4.78 is 2.05. The van der Waals surface area contributed by atoms with Crippen molar-refractivity contribution in [1.29, 1.82) is 0 Å². The van der Waals surface area contributed by atoms with Gasteiger partial charge in [-0.3, -0.25) is 4.68 Å². The highest BCUT2D eigenvalue weighted by molar-refractivity contribution is 7.19. The monoisotopic (exact) mass is 524 g/mol. The molecule has 3 aromatic heterocycles. The van der Waals surface area contributed by atoms with Crippen LogP contribution in [0.3, 0.4) is 0 Å². The standard InChI is InChI=1S/C30H32N6OS/c37-24-11-13-35(18-24)12-10-20-6-8-25-27(14-20)38-30-28(25)29(31-19-32-30)34-23-7-9-26-22(15-23)16-33-36(26)17-21-4-2-1-3-5-21/h1-5,7,9,15-16,19-20,24,37H,6,8,10-14,17-18H2,(H,31,32,34). The van der Waals surface area contributed by atoms with Gasteiger partial charge >= 0.3 is 0 Å². The van der Waals surface area contributed by atoms with Gasteiger partial charge in [0.25, 0.3) is 0 Å². The number of benzene rings is 2. The van der Waals surface area contributed by atoms with Crippen LogP contribution in [0.4, 0.5) is 11.5 Å². The zero-order chi connectivity index (χ0) is 25.5. The van der Waals surface area contributed by atoms with Crippen LogP contribution in [0.15, 0.2) is 61.1 Å². The number of fused-ring (bicyclic) bond motifs is 4. The van der Waals surface area contributed by atoms with Gasteiger partial charge in [0.1, 0.15) is 17.0 Å². The second kappa shape index (κ2) is 10.1. The number of aryl methyl sites for hydroxylation is 1. The summed E-state index contributed by atoms with van der Waals surface area (Å²) in [6.45, 7) is 3.72. The Balaban J connectivity index is 1.09. The van der Waals surface area contributed by atoms with Crippen molar-refractivity contribution < 1.29 is 5.11 Å². The quantitative estimate of drug-likeness (QED) is 0.297. The normalized spacial score (nSPS) is 19.8. The second-order valence-corrected chi connectivity index (χ2v) is 11.8. The van der Waals surface area contributed by atoms with Crippen molar-refractivity contribution in [2.45, 2.75) is 44.8 Å². The summed E-state index contributed by atoms with van der Waals surface area (Å²) >= 11 is 1.84. The summed E-state index contributed by atoms with van der Waals surface area (Å²) in [5.74, 6) is 1.60. The summed E-state index contributed by atoms with van der Waals surface area (Å²) in [6, 6.07) is 16.8. The first-order valence-electron chi connectivity index (χ1n) is 13.6. The van der Waals surface area contributed by atoms with Gasteiger partial charge in [0.2, 0.25) is 0 Å². The molecule has 194 valence electrons. The van der Waals surface area contributed by atoms with E-state index in [1.165, 1.54) is 34.2 Å². The van der Waals surface area contributed by atoms with Crippen molar-refractivity contribution in [3.8, 4) is 0 Å². The average Bonchev–Trinajstić information content (AvgIpc) is 3.64. The molecular weight excluding hydrogens is 492 g/mol. The molecule has 2 aliphatic rings. The van der Waals surface area contributed by atoms with Crippen molar-refractivity contribution in [1.82, 2.24) is 24.6 Å². The highest BCUT2D eigenvalue weighted by atomic mass is 32.1. The molecule has 0 radical (unpaired) electrons. The van der Waals surface area contributed by atoms with Crippen LogP contribution in [0.25, 0.3) is 21.1 Å². The van der Waals surface area contributed by atoms with Crippen LogP contribution in [0.1, 0.15) is 35.3 Å². The molecule has 8 heteroatoms. The SMILES string of the molecule is OC1CCN(CCC2CCc3c(sc4ncnc(Nc5ccc6c(cnn6Cc6ccccc6)c5)c34)C2)C1. The lowest BCUT2D eigenvalue weighted by molar-refractivity contribution is 0.173. The maximum atomic E-state index is 9.82. The number of nitrogens with zero attached hydrogens (tertiary/aromatic N) is 5. The number of β-amino-alcohol motifs (C(OH)–C–C–N with tert-alkyl or cyclic N) is 1. The van der Waals surface area contributed by atoms with E-state index < -0.39 is 0 Å². The van der Waals surface area contributed by atoms with Gasteiger partial charge in [0.15, 0.2) is 0 Å². The molecule has 2 aromatic carbocycles. The Labute approximate surface area is 226 Å². The molecule has 38 heavy (non-hydrogen) atoms. The topological polar surface area (TPSA) is 79.1 Å². The van der Waals surface area contributed by atoms with E-state index in [1.807, 2.05) is 23.6 Å². The molecule has 2 N–H and O–H groups in total. The van der Waals surface area contributed by atoms with Crippen LogP contribution in [0.2, 0.25) is 0 Å². The highest BCUT2D eigenvalue weighted by Crippen LogP contribution is 2.41. The van der Waals surface area contributed by atoms with Crippen LogP contribution < -0.4 is 5.32 Å². The zero-order valence-electron chi connectivity index (χ0n) is 21.4. The Bertz CT molecular complexity index is 1580. The average molecular weight is 525 g/mol. The molecule has 1 fully saturated rings. The maximum absolute atomic E-state index is 9.82. The van der Waals surface area contributed by atoms with Gasteiger partial charge in [0, 0.05) is 29.0 Å². The van der Waals surface area contributed by atoms with Crippen LogP contribution >= 0.6 is 11.3 Å². The fourth-order valence-corrected chi connectivity index (χ4v) is 7.39. The summed E-state index contributed by atoms with van der Waals surface area (Å²) in [6.07, 6.45) is 9.02. The smallest absolute Gasteiger partial charge is 0.142 e. The number of aromatic nitrogens is 4. The molecule has 2 atom stereocenters. The predicted octanol–water partition coefficient (Wildman–Crippen LogP) is 5.39. The Hall–Kier alpha value is -3.33. The second-order valence-electron chi connectivity index (χ2n) is 10.7. The van der Waals surface area contributed by atoms with Gasteiger partial charge in [-0.15, -0.1) is 11.3 Å². The van der Waals surface area contributed by atoms with Crippen LogP contribution in [0.5, 0.6) is 0 Å². The Morgan fingerprint density at radius 1 is 1.08 bits per heavy atom. The van der Waals surface area contributed by atoms with Crippen LogP contribution in [-0.2, 0) is 19.4 Å². The summed E-state index contributed by atoms with van der Waals surface area (Å²) in [7, 11) is 0. The predicted molar refractivity (Wildman–Crippen MR) is 153 cm³/mol. The summed E-state index contributed by atoms with van der Waals surface area (Å²) in [5.41, 5.74) is 4.80. The van der Waals surface area contributed by atoms with Gasteiger partial charge in [-0.05, 0) is 73.9 Å². The third kappa shape index (κ3) is 4.68. The number of likely N-dealkylation sites (tertiary alicyclic amines) is 1. The fraction of sp³-hybridized carbons (Fsp3) is 0.367. The van der Waals surface area contributed by atoms with Crippen LogP contribution in [-0.4, -0.2) is 55.5 Å². The van der Waals surface area contributed by atoms with Crippen molar-refractivity contribution >= 4 is 44.0 Å². The third-order valence-corrected chi connectivity index (χ3v) is 9.29. The first-order chi connectivity index (χ1) is 18.7. The number of thiophene rings is 1. The largest absolute Gasteiger partial charge is 0.392 e. The maximum Gasteiger partial charge on any atom is 0.142 e. The van der Waals surface area contributed by atoms with Gasteiger partial charge in [-0.25, -0.2) is 9.97 Å². The van der Waals surface area contributed by atoms with Crippen molar-refractivity contribution in [3.05, 3.63) is 77.1 Å². The van der Waals surface area contributed by atoms with E-state index in [0.717, 1.165) is 72.7 Å². The zero-order valence-corrected chi connectivity index (χ0v) is 22.2. The molecule has 0 bridgehead atoms. The molecule has 1 saturated heterocycles. The van der Waals surface area contributed by atoms with Crippen molar-refractivity contribution in [2.24, 2.45) is 5.92 Å². The van der Waals surface area contributed by atoms with E-state index >= 15 is 0 Å². The molecule has 7 nitrogen and oxygen atoms in total. The molecule has 0 amide bonds.